The predicted octanol–water partition coefficient (Wildman–Crippen LogP) is -1.33. The smallest absolute Gasteiger partial charge is 0.303 e. The molecule has 0 aliphatic heterocycles. The summed E-state index contributed by atoms with van der Waals surface area (Å²) < 4.78 is 9.74. The van der Waals surface area contributed by atoms with Gasteiger partial charge < -0.3 is 45.6 Å². The molecule has 0 rings (SSSR count). The van der Waals surface area contributed by atoms with Crippen molar-refractivity contribution in [2.75, 3.05) is 39.3 Å². The van der Waals surface area contributed by atoms with Crippen molar-refractivity contribution < 1.29 is 48.8 Å². The zero-order valence-electron chi connectivity index (χ0n) is 24.3. The fourth-order valence-corrected chi connectivity index (χ4v) is 4.01. The summed E-state index contributed by atoms with van der Waals surface area (Å²) in [5, 5.41) is 32.2. The van der Waals surface area contributed by atoms with E-state index in [9.17, 15) is 39.3 Å². The number of aliphatic hydroxyl groups excluding tert-OH is 3. The van der Waals surface area contributed by atoms with Crippen molar-refractivity contribution in [3.8, 4) is 0 Å². The van der Waals surface area contributed by atoms with Crippen LogP contribution in [-0.4, -0.2) is 125 Å². The Labute approximate surface area is 236 Å². The molecule has 0 saturated heterocycles. The zero-order valence-corrected chi connectivity index (χ0v) is 24.3. The van der Waals surface area contributed by atoms with Gasteiger partial charge in [-0.3, -0.25) is 24.0 Å². The molecule has 14 nitrogen and oxygen atoms in total. The second-order valence-corrected chi connectivity index (χ2v) is 9.49. The van der Waals surface area contributed by atoms with Crippen molar-refractivity contribution in [3.63, 3.8) is 0 Å². The number of nitrogens with zero attached hydrogens (tertiary/aromatic N) is 2. The molecule has 0 bridgehead atoms. The van der Waals surface area contributed by atoms with Gasteiger partial charge >= 0.3 is 11.9 Å². The van der Waals surface area contributed by atoms with Gasteiger partial charge in [0.25, 0.3) is 5.91 Å². The Bertz CT molecular complexity index is 806. The third-order valence-corrected chi connectivity index (χ3v) is 5.88. The molecular weight excluding hydrogens is 528 g/mol. The quantitative estimate of drug-likeness (QED) is 0.107. The molecule has 0 aromatic carbocycles. The highest BCUT2D eigenvalue weighted by atomic mass is 16.6. The maximum absolute atomic E-state index is 12.9. The predicted molar refractivity (Wildman–Crippen MR) is 144 cm³/mol. The number of esters is 2. The summed E-state index contributed by atoms with van der Waals surface area (Å²) in [6.45, 7) is 8.48. The van der Waals surface area contributed by atoms with E-state index < -0.39 is 54.9 Å². The summed E-state index contributed by atoms with van der Waals surface area (Å²) in [5.41, 5.74) is 6.08. The Hall–Kier alpha value is -2.81. The van der Waals surface area contributed by atoms with Crippen LogP contribution < -0.4 is 11.1 Å². The summed E-state index contributed by atoms with van der Waals surface area (Å²) in [6, 6.07) is -0.810. The summed E-state index contributed by atoms with van der Waals surface area (Å²) in [6.07, 6.45) is -4.96. The van der Waals surface area contributed by atoms with E-state index in [1.807, 2.05) is 20.8 Å². The maximum atomic E-state index is 12.9. The number of amides is 3. The van der Waals surface area contributed by atoms with Gasteiger partial charge in [0, 0.05) is 53.0 Å². The number of hydrogen-bond acceptors (Lipinski definition) is 11. The number of aliphatic hydroxyl groups is 3. The minimum atomic E-state index is -2.00. The van der Waals surface area contributed by atoms with Crippen LogP contribution in [0.2, 0.25) is 0 Å². The molecule has 0 spiro atoms. The maximum Gasteiger partial charge on any atom is 0.303 e. The number of nitrogens with one attached hydrogen (secondary N) is 1. The van der Waals surface area contributed by atoms with Crippen molar-refractivity contribution in [1.82, 2.24) is 15.1 Å². The topological polar surface area (TPSA) is 209 Å². The number of rotatable bonds is 20. The fraction of sp³-hybridized carbons (Fsp3) is 0.808. The minimum Gasteiger partial charge on any atom is -0.457 e. The molecule has 5 atom stereocenters. The fourth-order valence-electron chi connectivity index (χ4n) is 4.01. The van der Waals surface area contributed by atoms with Crippen LogP contribution in [0.4, 0.5) is 0 Å². The lowest BCUT2D eigenvalue weighted by atomic mass is 10.0. The van der Waals surface area contributed by atoms with Crippen molar-refractivity contribution >= 4 is 29.7 Å². The van der Waals surface area contributed by atoms with Crippen LogP contribution in [-0.2, 0) is 33.4 Å². The Kier molecular flexibility index (Phi) is 18.7. The first-order chi connectivity index (χ1) is 18.8. The van der Waals surface area contributed by atoms with E-state index in [1.165, 1.54) is 4.90 Å². The SMILES string of the molecule is CCCN(CCNC(=O)C(OC(C)=O)C(O)C(OC(C)=O)C(O)CO)C(=O)CC[C@H](N)C(=O)N(CCC)CCC. The summed E-state index contributed by atoms with van der Waals surface area (Å²) in [4.78, 5) is 64.5. The van der Waals surface area contributed by atoms with Crippen LogP contribution in [0, 0.1) is 0 Å². The average molecular weight is 577 g/mol. The number of carbonyl (C=O) groups is 5. The first-order valence-electron chi connectivity index (χ1n) is 13.8. The Morgan fingerprint density at radius 3 is 1.85 bits per heavy atom. The normalized spacial score (nSPS) is 14.7. The summed E-state index contributed by atoms with van der Waals surface area (Å²) in [5.74, 6) is -3.25. The van der Waals surface area contributed by atoms with E-state index in [-0.39, 0.29) is 37.7 Å². The average Bonchev–Trinajstić information content (AvgIpc) is 2.90. The number of carbonyl (C=O) groups excluding carboxylic acids is 5. The lowest BCUT2D eigenvalue weighted by molar-refractivity contribution is -0.184. The van der Waals surface area contributed by atoms with E-state index in [0.717, 1.165) is 26.7 Å². The van der Waals surface area contributed by atoms with Crippen molar-refractivity contribution in [1.29, 1.82) is 0 Å². The molecule has 4 unspecified atom stereocenters. The standard InChI is InChI=1S/C26H48N4O10/c1-6-12-29(21(35)10-9-19(27)26(38)30(13-7-2)14-8-3)15-11-28-25(37)24(40-18(5)33)22(36)23(20(34)16-31)39-17(4)32/h19-20,22-24,31,34,36H,6-16,27H2,1-5H3,(H,28,37)/t19-,20?,22?,23?,24?/m0/s1. The Balaban J connectivity index is 5.25. The van der Waals surface area contributed by atoms with Crippen molar-refractivity contribution in [2.24, 2.45) is 5.73 Å². The summed E-state index contributed by atoms with van der Waals surface area (Å²) >= 11 is 0. The van der Waals surface area contributed by atoms with Crippen LogP contribution in [0.25, 0.3) is 0 Å². The molecule has 0 saturated carbocycles. The van der Waals surface area contributed by atoms with Gasteiger partial charge in [0.05, 0.1) is 12.6 Å². The molecule has 0 aromatic heterocycles. The molecule has 3 amide bonds. The number of hydrogen-bond donors (Lipinski definition) is 5. The highest BCUT2D eigenvalue weighted by Crippen LogP contribution is 2.14. The third kappa shape index (κ3) is 13.5. The second-order valence-electron chi connectivity index (χ2n) is 9.49. The van der Waals surface area contributed by atoms with Crippen LogP contribution in [0.15, 0.2) is 0 Å². The molecule has 40 heavy (non-hydrogen) atoms. The Morgan fingerprint density at radius 1 is 0.850 bits per heavy atom. The van der Waals surface area contributed by atoms with Gasteiger partial charge in [-0.1, -0.05) is 20.8 Å². The van der Waals surface area contributed by atoms with Crippen LogP contribution >= 0.6 is 0 Å². The monoisotopic (exact) mass is 576 g/mol. The molecule has 0 heterocycles. The van der Waals surface area contributed by atoms with Gasteiger partial charge in [-0.25, -0.2) is 0 Å². The van der Waals surface area contributed by atoms with E-state index in [0.29, 0.717) is 26.1 Å². The molecule has 6 N–H and O–H groups in total. The lowest BCUT2D eigenvalue weighted by Crippen LogP contribution is -2.55. The lowest BCUT2D eigenvalue weighted by Gasteiger charge is -2.30. The van der Waals surface area contributed by atoms with Gasteiger partial charge in [-0.2, -0.15) is 0 Å². The molecule has 14 heteroatoms. The molecule has 0 aliphatic rings. The first-order valence-corrected chi connectivity index (χ1v) is 13.8. The van der Waals surface area contributed by atoms with Gasteiger partial charge in [0.15, 0.2) is 6.10 Å². The highest BCUT2D eigenvalue weighted by molar-refractivity contribution is 5.84. The van der Waals surface area contributed by atoms with E-state index in [1.54, 1.807) is 4.90 Å². The summed E-state index contributed by atoms with van der Waals surface area (Å²) in [7, 11) is 0. The molecular formula is C26H48N4O10. The van der Waals surface area contributed by atoms with Crippen LogP contribution in [0.5, 0.6) is 0 Å². The zero-order chi connectivity index (χ0) is 30.8. The molecule has 0 radical (unpaired) electrons. The molecule has 0 fully saturated rings. The number of ether oxygens (including phenoxy) is 2. The highest BCUT2D eigenvalue weighted by Gasteiger charge is 2.41. The third-order valence-electron chi connectivity index (χ3n) is 5.88. The molecule has 0 aromatic rings. The van der Waals surface area contributed by atoms with Gasteiger partial charge in [0.2, 0.25) is 17.9 Å². The van der Waals surface area contributed by atoms with Crippen molar-refractivity contribution in [2.45, 2.75) is 97.2 Å². The Morgan fingerprint density at radius 2 is 1.38 bits per heavy atom. The van der Waals surface area contributed by atoms with Gasteiger partial charge in [-0.05, 0) is 25.7 Å². The molecule has 0 aliphatic carbocycles. The largest absolute Gasteiger partial charge is 0.457 e. The minimum absolute atomic E-state index is 0.0326. The van der Waals surface area contributed by atoms with Gasteiger partial charge in [-0.15, -0.1) is 0 Å². The van der Waals surface area contributed by atoms with Crippen LogP contribution in [0.1, 0.15) is 66.7 Å². The number of nitrogens with two attached hydrogens (primary N) is 1. The van der Waals surface area contributed by atoms with E-state index in [2.05, 4.69) is 5.32 Å². The van der Waals surface area contributed by atoms with E-state index >= 15 is 0 Å². The first kappa shape index (κ1) is 37.2. The van der Waals surface area contributed by atoms with E-state index in [4.69, 9.17) is 15.2 Å². The molecule has 232 valence electrons. The van der Waals surface area contributed by atoms with Crippen molar-refractivity contribution in [3.05, 3.63) is 0 Å². The second kappa shape index (κ2) is 20.1. The van der Waals surface area contributed by atoms with Gasteiger partial charge in [0.1, 0.15) is 12.2 Å². The van der Waals surface area contributed by atoms with Crippen LogP contribution in [0.3, 0.4) is 0 Å².